The van der Waals surface area contributed by atoms with Gasteiger partial charge in [0.15, 0.2) is 5.78 Å². The molecule has 0 radical (unpaired) electrons. The molecule has 1 fully saturated rings. The minimum absolute atomic E-state index is 0.0531. The highest BCUT2D eigenvalue weighted by Gasteiger charge is 2.28. The molecule has 26 heavy (non-hydrogen) atoms. The van der Waals surface area contributed by atoms with Gasteiger partial charge in [0, 0.05) is 11.6 Å². The number of hydrogen-bond acceptors (Lipinski definition) is 4. The van der Waals surface area contributed by atoms with Crippen molar-refractivity contribution in [3.8, 4) is 11.9 Å². The summed E-state index contributed by atoms with van der Waals surface area (Å²) in [6.07, 6.45) is 4.55. The second kappa shape index (κ2) is 7.17. The first kappa shape index (κ1) is 17.9. The standard InChI is InChI=1S/C21H22N2O3/c1-13-7-6-8-15(11-13)19(24)18-14(2)17(12-22)20(25)23(21(18)26)16-9-4-3-5-10-16/h6-8,11,16,26H,3-5,9-10H2,1-2H3. The van der Waals surface area contributed by atoms with Gasteiger partial charge in [0.2, 0.25) is 5.88 Å². The number of pyridine rings is 1. The molecule has 1 aliphatic carbocycles. The van der Waals surface area contributed by atoms with Crippen LogP contribution in [0.3, 0.4) is 0 Å². The Kier molecular flexibility index (Phi) is 4.94. The van der Waals surface area contributed by atoms with E-state index in [1.54, 1.807) is 25.1 Å². The van der Waals surface area contributed by atoms with Crippen LogP contribution in [-0.4, -0.2) is 15.5 Å². The van der Waals surface area contributed by atoms with Crippen LogP contribution < -0.4 is 5.56 Å². The van der Waals surface area contributed by atoms with Crippen LogP contribution in [0, 0.1) is 25.2 Å². The smallest absolute Gasteiger partial charge is 0.271 e. The summed E-state index contributed by atoms with van der Waals surface area (Å²) in [5, 5.41) is 20.3. The van der Waals surface area contributed by atoms with Gasteiger partial charge in [-0.15, -0.1) is 0 Å². The molecular weight excluding hydrogens is 328 g/mol. The van der Waals surface area contributed by atoms with Crippen LogP contribution >= 0.6 is 0 Å². The van der Waals surface area contributed by atoms with E-state index in [1.807, 2.05) is 19.1 Å². The molecule has 0 spiro atoms. The molecule has 0 saturated heterocycles. The molecule has 1 N–H and O–H groups in total. The Bertz CT molecular complexity index is 960. The number of carbonyl (C=O) groups is 1. The summed E-state index contributed by atoms with van der Waals surface area (Å²) in [5.41, 5.74) is 1.08. The molecule has 1 aromatic heterocycles. The molecular formula is C21H22N2O3. The molecule has 1 aliphatic rings. The Hall–Kier alpha value is -2.87. The minimum atomic E-state index is -0.504. The summed E-state index contributed by atoms with van der Waals surface area (Å²) in [6.45, 7) is 3.43. The number of aromatic hydroxyl groups is 1. The topological polar surface area (TPSA) is 83.1 Å². The van der Waals surface area contributed by atoms with Crippen LogP contribution in [0.5, 0.6) is 5.88 Å². The number of hydrogen-bond donors (Lipinski definition) is 1. The lowest BCUT2D eigenvalue weighted by atomic mass is 9.92. The molecule has 134 valence electrons. The Morgan fingerprint density at radius 1 is 1.23 bits per heavy atom. The van der Waals surface area contributed by atoms with Gasteiger partial charge < -0.3 is 5.11 Å². The zero-order valence-electron chi connectivity index (χ0n) is 15.1. The zero-order valence-corrected chi connectivity index (χ0v) is 15.1. The quantitative estimate of drug-likeness (QED) is 0.854. The molecule has 5 heteroatoms. The number of nitriles is 1. The molecule has 0 atom stereocenters. The van der Waals surface area contributed by atoms with Crippen molar-refractivity contribution in [1.82, 2.24) is 4.57 Å². The van der Waals surface area contributed by atoms with Crippen LogP contribution in [0.2, 0.25) is 0 Å². The van der Waals surface area contributed by atoms with Gasteiger partial charge >= 0.3 is 0 Å². The van der Waals surface area contributed by atoms with Crippen LogP contribution in [0.4, 0.5) is 0 Å². The van der Waals surface area contributed by atoms with Gasteiger partial charge in [-0.1, -0.05) is 43.0 Å². The predicted octanol–water partition coefficient (Wildman–Crippen LogP) is 3.78. The van der Waals surface area contributed by atoms with Gasteiger partial charge in [0.05, 0.1) is 5.56 Å². The van der Waals surface area contributed by atoms with E-state index in [0.717, 1.165) is 37.7 Å². The highest BCUT2D eigenvalue weighted by molar-refractivity contribution is 6.11. The fourth-order valence-corrected chi connectivity index (χ4v) is 3.80. The molecule has 0 amide bonds. The van der Waals surface area contributed by atoms with Crippen molar-refractivity contribution in [2.45, 2.75) is 52.0 Å². The largest absolute Gasteiger partial charge is 0.494 e. The Labute approximate surface area is 152 Å². The number of aromatic nitrogens is 1. The maximum absolute atomic E-state index is 13.1. The molecule has 3 rings (SSSR count). The molecule has 0 bridgehead atoms. The average molecular weight is 350 g/mol. The van der Waals surface area contributed by atoms with E-state index < -0.39 is 5.56 Å². The first-order valence-electron chi connectivity index (χ1n) is 8.95. The number of nitrogens with zero attached hydrogens (tertiary/aromatic N) is 2. The summed E-state index contributed by atoms with van der Waals surface area (Å²) in [7, 11) is 0. The maximum Gasteiger partial charge on any atom is 0.271 e. The van der Waals surface area contributed by atoms with Gasteiger partial charge in [0.25, 0.3) is 5.56 Å². The third-order valence-corrected chi connectivity index (χ3v) is 5.19. The Morgan fingerprint density at radius 2 is 1.92 bits per heavy atom. The number of aryl methyl sites for hydroxylation is 1. The molecule has 1 saturated carbocycles. The lowest BCUT2D eigenvalue weighted by Crippen LogP contribution is -2.31. The van der Waals surface area contributed by atoms with E-state index in [9.17, 15) is 20.0 Å². The molecule has 1 heterocycles. The van der Waals surface area contributed by atoms with Crippen molar-refractivity contribution in [3.63, 3.8) is 0 Å². The summed E-state index contributed by atoms with van der Waals surface area (Å²) >= 11 is 0. The second-order valence-corrected chi connectivity index (χ2v) is 6.98. The third-order valence-electron chi connectivity index (χ3n) is 5.19. The molecule has 1 aromatic carbocycles. The van der Waals surface area contributed by atoms with Crippen LogP contribution in [-0.2, 0) is 0 Å². The highest BCUT2D eigenvalue weighted by Crippen LogP contribution is 2.33. The Balaban J connectivity index is 2.23. The Morgan fingerprint density at radius 3 is 2.54 bits per heavy atom. The molecule has 0 aliphatic heterocycles. The van der Waals surface area contributed by atoms with Gasteiger partial charge in [-0.25, -0.2) is 0 Å². The molecule has 2 aromatic rings. The van der Waals surface area contributed by atoms with E-state index in [2.05, 4.69) is 0 Å². The van der Waals surface area contributed by atoms with Crippen molar-refractivity contribution in [3.05, 3.63) is 62.4 Å². The van der Waals surface area contributed by atoms with Gasteiger partial charge in [-0.3, -0.25) is 14.2 Å². The van der Waals surface area contributed by atoms with Gasteiger partial charge in [0.1, 0.15) is 11.6 Å². The summed E-state index contributed by atoms with van der Waals surface area (Å²) in [6, 6.07) is 8.83. The van der Waals surface area contributed by atoms with Crippen molar-refractivity contribution in [2.75, 3.05) is 0 Å². The zero-order chi connectivity index (χ0) is 18.8. The van der Waals surface area contributed by atoms with E-state index >= 15 is 0 Å². The SMILES string of the molecule is Cc1cccc(C(=O)c2c(C)c(C#N)c(=O)n(C3CCCCC3)c2O)c1. The van der Waals surface area contributed by atoms with E-state index in [0.29, 0.717) is 5.56 Å². The van der Waals surface area contributed by atoms with Crippen molar-refractivity contribution >= 4 is 5.78 Å². The van der Waals surface area contributed by atoms with E-state index in [1.165, 1.54) is 4.57 Å². The normalized spacial score (nSPS) is 14.8. The number of benzene rings is 1. The predicted molar refractivity (Wildman–Crippen MR) is 98.6 cm³/mol. The van der Waals surface area contributed by atoms with Crippen LogP contribution in [0.1, 0.15) is 70.8 Å². The van der Waals surface area contributed by atoms with Crippen LogP contribution in [0.15, 0.2) is 29.1 Å². The molecule has 0 unspecified atom stereocenters. The monoisotopic (exact) mass is 350 g/mol. The van der Waals surface area contributed by atoms with Crippen LogP contribution in [0.25, 0.3) is 0 Å². The second-order valence-electron chi connectivity index (χ2n) is 6.98. The summed E-state index contributed by atoms with van der Waals surface area (Å²) in [4.78, 5) is 25.8. The first-order chi connectivity index (χ1) is 12.5. The fourth-order valence-electron chi connectivity index (χ4n) is 3.80. The fraction of sp³-hybridized carbons (Fsp3) is 0.381. The van der Waals surface area contributed by atoms with E-state index in [4.69, 9.17) is 0 Å². The lowest BCUT2D eigenvalue weighted by Gasteiger charge is -2.26. The number of carbonyl (C=O) groups excluding carboxylic acids is 1. The first-order valence-corrected chi connectivity index (χ1v) is 8.95. The highest BCUT2D eigenvalue weighted by atomic mass is 16.3. The van der Waals surface area contributed by atoms with Gasteiger partial charge in [-0.2, -0.15) is 5.26 Å². The minimum Gasteiger partial charge on any atom is -0.494 e. The van der Waals surface area contributed by atoms with Crippen molar-refractivity contribution < 1.29 is 9.90 Å². The number of ketones is 1. The van der Waals surface area contributed by atoms with E-state index in [-0.39, 0.29) is 34.4 Å². The van der Waals surface area contributed by atoms with Crippen molar-refractivity contribution in [2.24, 2.45) is 0 Å². The summed E-state index contributed by atoms with van der Waals surface area (Å²) < 4.78 is 1.27. The number of rotatable bonds is 3. The lowest BCUT2D eigenvalue weighted by molar-refractivity contribution is 0.103. The third kappa shape index (κ3) is 3.03. The molecule has 5 nitrogen and oxygen atoms in total. The van der Waals surface area contributed by atoms with Crippen molar-refractivity contribution in [1.29, 1.82) is 5.26 Å². The summed E-state index contributed by atoms with van der Waals surface area (Å²) in [5.74, 6) is -0.685. The van der Waals surface area contributed by atoms with Gasteiger partial charge in [-0.05, 0) is 38.3 Å². The average Bonchev–Trinajstić information content (AvgIpc) is 2.63. The maximum atomic E-state index is 13.1.